The average molecular weight is 165 g/mol. The number of thiol groups is 1. The summed E-state index contributed by atoms with van der Waals surface area (Å²) in [6.07, 6.45) is 1.52. The van der Waals surface area contributed by atoms with Crippen LogP contribution in [-0.2, 0) is 16.4 Å². The standard InChI is InChI=1S/C4H5NO2S2/c6-9(7)3-4-5-1-2-8-4/h1-2,9H,3H2/i9T. The van der Waals surface area contributed by atoms with Crippen LogP contribution in [0.15, 0.2) is 11.6 Å². The summed E-state index contributed by atoms with van der Waals surface area (Å²) in [7, 11) is -3.65. The third-order valence-electron chi connectivity index (χ3n) is 0.725. The first-order valence-electron chi connectivity index (χ1n) is 2.64. The smallest absolute Gasteiger partial charge is 0.174 e. The average Bonchev–Trinajstić information content (AvgIpc) is 2.12. The molecule has 0 aliphatic heterocycles. The monoisotopic (exact) mass is 165 g/mol. The molecule has 0 aliphatic rings. The van der Waals surface area contributed by atoms with Crippen LogP contribution < -0.4 is 0 Å². The van der Waals surface area contributed by atoms with Gasteiger partial charge in [0, 0.05) is 11.6 Å². The van der Waals surface area contributed by atoms with Crippen molar-refractivity contribution in [1.29, 1.82) is 1.12 Å². The summed E-state index contributed by atoms with van der Waals surface area (Å²) in [4.78, 5) is 3.72. The molecule has 0 aliphatic carbocycles. The number of rotatable bonds is 2. The van der Waals surface area contributed by atoms with Crippen molar-refractivity contribution < 1.29 is 8.42 Å². The molecule has 9 heavy (non-hydrogen) atoms. The number of aromatic nitrogens is 1. The molecule has 0 unspecified atom stereocenters. The lowest BCUT2D eigenvalue weighted by Crippen LogP contribution is -1.82. The van der Waals surface area contributed by atoms with Crippen molar-refractivity contribution in [3.8, 4) is 0 Å². The lowest BCUT2D eigenvalue weighted by molar-refractivity contribution is 0.614. The topological polar surface area (TPSA) is 47.0 Å². The second-order valence-electron chi connectivity index (χ2n) is 1.37. The summed E-state index contributed by atoms with van der Waals surface area (Å²) in [5.74, 6) is -0.273. The van der Waals surface area contributed by atoms with E-state index in [4.69, 9.17) is 1.12 Å². The normalized spacial score (nSPS) is 13.1. The van der Waals surface area contributed by atoms with Gasteiger partial charge in [-0.05, 0) is 0 Å². The van der Waals surface area contributed by atoms with E-state index in [2.05, 4.69) is 4.98 Å². The zero-order valence-corrected chi connectivity index (χ0v) is 6.08. The van der Waals surface area contributed by atoms with E-state index in [0.29, 0.717) is 5.01 Å². The van der Waals surface area contributed by atoms with Crippen molar-refractivity contribution in [2.45, 2.75) is 5.75 Å². The summed E-state index contributed by atoms with van der Waals surface area (Å²) < 4.78 is 27.2. The Morgan fingerprint density at radius 3 is 3.11 bits per heavy atom. The van der Waals surface area contributed by atoms with E-state index in [1.807, 2.05) is 0 Å². The Morgan fingerprint density at radius 1 is 1.89 bits per heavy atom. The van der Waals surface area contributed by atoms with Crippen LogP contribution in [0.25, 0.3) is 0 Å². The molecule has 50 valence electrons. The van der Waals surface area contributed by atoms with Crippen molar-refractivity contribution >= 4 is 21.9 Å². The molecule has 0 amide bonds. The largest absolute Gasteiger partial charge is 0.249 e. The van der Waals surface area contributed by atoms with Crippen LogP contribution in [0.4, 0.5) is 0 Å². The van der Waals surface area contributed by atoms with E-state index in [1.54, 1.807) is 5.38 Å². The summed E-state index contributed by atoms with van der Waals surface area (Å²) >= 11 is 1.24. The van der Waals surface area contributed by atoms with E-state index in [0.717, 1.165) is 0 Å². The Hall–Kier alpha value is -0.420. The molecule has 1 rings (SSSR count). The van der Waals surface area contributed by atoms with Gasteiger partial charge in [0.15, 0.2) is 1.12 Å². The van der Waals surface area contributed by atoms with Gasteiger partial charge in [0.05, 0.1) is 5.75 Å². The van der Waals surface area contributed by atoms with Gasteiger partial charge in [-0.2, -0.15) is 0 Å². The zero-order valence-electron chi connectivity index (χ0n) is 5.44. The fourth-order valence-electron chi connectivity index (χ4n) is 0.425. The lowest BCUT2D eigenvalue weighted by Gasteiger charge is -1.79. The highest BCUT2D eigenvalue weighted by Crippen LogP contribution is 2.03. The predicted octanol–water partition coefficient (Wildman–Crippen LogP) is 0.254. The van der Waals surface area contributed by atoms with Crippen LogP contribution in [0.2, 0.25) is 0 Å². The van der Waals surface area contributed by atoms with E-state index in [1.165, 1.54) is 17.5 Å². The summed E-state index contributed by atoms with van der Waals surface area (Å²) in [6.45, 7) is 0. The van der Waals surface area contributed by atoms with Gasteiger partial charge in [0.1, 0.15) is 15.6 Å². The molecular formula is C4H5NO2S2. The molecule has 0 radical (unpaired) electrons. The molecule has 5 heteroatoms. The molecule has 1 aromatic rings. The lowest BCUT2D eigenvalue weighted by atomic mass is 10.8. The first kappa shape index (κ1) is 5.37. The summed E-state index contributed by atoms with van der Waals surface area (Å²) in [5, 5.41) is 2.15. The first-order chi connectivity index (χ1) is 4.58. The second kappa shape index (κ2) is 2.93. The van der Waals surface area contributed by atoms with E-state index >= 15 is 0 Å². The quantitative estimate of drug-likeness (QED) is 0.639. The van der Waals surface area contributed by atoms with E-state index in [-0.39, 0.29) is 5.75 Å². The minimum Gasteiger partial charge on any atom is -0.249 e. The molecule has 0 bridgehead atoms. The number of thiazole rings is 1. The van der Waals surface area contributed by atoms with Crippen molar-refractivity contribution in [3.05, 3.63) is 16.6 Å². The van der Waals surface area contributed by atoms with Crippen LogP contribution in [-0.4, -0.2) is 14.5 Å². The van der Waals surface area contributed by atoms with Crippen LogP contribution in [0.1, 0.15) is 5.01 Å². The number of hydrogen-bond donors (Lipinski definition) is 1. The molecule has 0 saturated carbocycles. The van der Waals surface area contributed by atoms with Gasteiger partial charge in [-0.3, -0.25) is 0 Å². The third kappa shape index (κ3) is 2.11. The minimum absolute atomic E-state index is 0.273. The highest BCUT2D eigenvalue weighted by molar-refractivity contribution is 7.71. The fraction of sp³-hybridized carbons (Fsp3) is 0.250. The molecule has 0 fully saturated rings. The van der Waals surface area contributed by atoms with Gasteiger partial charge in [-0.1, -0.05) is 0 Å². The van der Waals surface area contributed by atoms with Gasteiger partial charge in [0.25, 0.3) is 0 Å². The highest BCUT2D eigenvalue weighted by Gasteiger charge is 1.93. The maximum atomic E-state index is 10.3. The Kier molecular flexibility index (Phi) is 1.75. The highest BCUT2D eigenvalue weighted by atomic mass is 32.2. The minimum atomic E-state index is -3.65. The molecule has 3 nitrogen and oxygen atoms in total. The molecule has 1 aromatic heterocycles. The molecule has 0 spiro atoms. The van der Waals surface area contributed by atoms with Gasteiger partial charge in [0.2, 0.25) is 0 Å². The Morgan fingerprint density at radius 2 is 2.67 bits per heavy atom. The fourth-order valence-corrected chi connectivity index (χ4v) is 1.66. The summed E-state index contributed by atoms with van der Waals surface area (Å²) in [5.41, 5.74) is 0. The Balaban J connectivity index is 2.75. The molecule has 0 N–H and O–H groups in total. The first-order valence-corrected chi connectivity index (χ1v) is 4.35. The van der Waals surface area contributed by atoms with E-state index < -0.39 is 10.6 Å². The third-order valence-corrected chi connectivity index (χ3v) is 2.20. The molecule has 0 atom stereocenters. The van der Waals surface area contributed by atoms with Crippen molar-refractivity contribution in [2.24, 2.45) is 0 Å². The van der Waals surface area contributed by atoms with Crippen molar-refractivity contribution in [3.63, 3.8) is 0 Å². The molecule has 1 heterocycles. The maximum Gasteiger partial charge on any atom is 0.174 e. The molecule has 0 saturated heterocycles. The van der Waals surface area contributed by atoms with Crippen molar-refractivity contribution in [1.82, 2.24) is 4.98 Å². The Bertz CT molecular complexity index is 291. The van der Waals surface area contributed by atoms with Crippen LogP contribution >= 0.6 is 11.3 Å². The van der Waals surface area contributed by atoms with E-state index in [9.17, 15) is 8.42 Å². The van der Waals surface area contributed by atoms with Gasteiger partial charge in [-0.25, -0.2) is 13.4 Å². The molecular weight excluding hydrogens is 158 g/mol. The second-order valence-corrected chi connectivity index (χ2v) is 3.25. The predicted molar refractivity (Wildman–Crippen MR) is 36.1 cm³/mol. The van der Waals surface area contributed by atoms with Gasteiger partial charge < -0.3 is 0 Å². The Labute approximate surface area is 59.4 Å². The van der Waals surface area contributed by atoms with Crippen LogP contribution in [0.5, 0.6) is 0 Å². The summed E-state index contributed by atoms with van der Waals surface area (Å²) in [6, 6.07) is 0. The van der Waals surface area contributed by atoms with Crippen LogP contribution in [0, 0.1) is 0 Å². The molecule has 0 aromatic carbocycles. The van der Waals surface area contributed by atoms with Gasteiger partial charge >= 0.3 is 0 Å². The number of nitrogens with zero attached hydrogens (tertiary/aromatic N) is 1. The number of hydrogen-bond acceptors (Lipinski definition) is 4. The SMILES string of the molecule is [3H]S(=O)(=O)Cc1nccs1. The van der Waals surface area contributed by atoms with Crippen LogP contribution in [0.3, 0.4) is 0 Å². The van der Waals surface area contributed by atoms with Gasteiger partial charge in [-0.15, -0.1) is 11.3 Å². The zero-order chi connectivity index (χ0) is 7.61. The maximum absolute atomic E-state index is 10.3. The van der Waals surface area contributed by atoms with Crippen molar-refractivity contribution in [2.75, 3.05) is 0 Å².